The second-order valence-electron chi connectivity index (χ2n) is 2.75. The Bertz CT molecular complexity index is 360. The molecule has 0 unspecified atom stereocenters. The Morgan fingerprint density at radius 3 is 3.00 bits per heavy atom. The van der Waals surface area contributed by atoms with Gasteiger partial charge in [-0.25, -0.2) is 4.79 Å². The van der Waals surface area contributed by atoms with Crippen molar-refractivity contribution in [2.45, 2.75) is 0 Å². The molecule has 0 spiro atoms. The van der Waals surface area contributed by atoms with Crippen molar-refractivity contribution in [3.63, 3.8) is 0 Å². The number of benzene rings is 1. The van der Waals surface area contributed by atoms with E-state index in [9.17, 15) is 4.79 Å². The number of carbonyl (C=O) groups excluding carboxylic acids is 1. The highest BCUT2D eigenvalue weighted by atomic mass is 16.5. The van der Waals surface area contributed by atoms with Crippen LogP contribution in [-0.2, 0) is 4.79 Å². The Balaban J connectivity index is 2.48. The number of hydrogen-bond donors (Lipinski definition) is 0. The number of carbonyl (C=O) groups is 1. The van der Waals surface area contributed by atoms with Gasteiger partial charge < -0.3 is 9.64 Å². The minimum Gasteiger partial charge on any atom is -0.423 e. The highest BCUT2D eigenvalue weighted by Crippen LogP contribution is 2.31. The number of anilines is 1. The van der Waals surface area contributed by atoms with E-state index in [2.05, 4.69) is 6.58 Å². The number of ether oxygens (including phenoxy) is 1. The second kappa shape index (κ2) is 2.94. The topological polar surface area (TPSA) is 29.5 Å². The summed E-state index contributed by atoms with van der Waals surface area (Å²) < 4.78 is 5.04. The molecule has 0 saturated carbocycles. The fourth-order valence-electron chi connectivity index (χ4n) is 1.32. The summed E-state index contributed by atoms with van der Waals surface area (Å²) in [6.45, 7) is 3.87. The molecule has 0 aliphatic carbocycles. The largest absolute Gasteiger partial charge is 0.423 e. The highest BCUT2D eigenvalue weighted by molar-refractivity contribution is 5.84. The van der Waals surface area contributed by atoms with Crippen LogP contribution < -0.4 is 9.64 Å². The second-order valence-corrected chi connectivity index (χ2v) is 2.75. The first kappa shape index (κ1) is 7.86. The van der Waals surface area contributed by atoms with E-state index in [1.807, 2.05) is 18.2 Å². The number of rotatable bonds is 1. The van der Waals surface area contributed by atoms with E-state index in [1.165, 1.54) is 0 Å². The van der Waals surface area contributed by atoms with Crippen LogP contribution in [0.25, 0.3) is 0 Å². The zero-order valence-electron chi connectivity index (χ0n) is 7.06. The molecule has 0 fully saturated rings. The summed E-state index contributed by atoms with van der Waals surface area (Å²) in [5.74, 6) is 0.345. The molecule has 1 aromatic carbocycles. The van der Waals surface area contributed by atoms with E-state index in [1.54, 1.807) is 17.2 Å². The summed E-state index contributed by atoms with van der Waals surface area (Å²) >= 11 is 0. The summed E-state index contributed by atoms with van der Waals surface area (Å²) in [4.78, 5) is 12.8. The normalized spacial score (nSPS) is 14.8. The molecule has 0 radical (unpaired) electrons. The maximum atomic E-state index is 11.1. The number of esters is 1. The van der Waals surface area contributed by atoms with Crippen molar-refractivity contribution >= 4 is 11.7 Å². The van der Waals surface area contributed by atoms with Crippen LogP contribution in [0.5, 0.6) is 5.75 Å². The van der Waals surface area contributed by atoms with Crippen LogP contribution in [0.2, 0.25) is 0 Å². The molecule has 13 heavy (non-hydrogen) atoms. The van der Waals surface area contributed by atoms with Crippen molar-refractivity contribution in [1.82, 2.24) is 0 Å². The number of para-hydroxylation sites is 2. The lowest BCUT2D eigenvalue weighted by atomic mass is 10.2. The molecule has 3 nitrogen and oxygen atoms in total. The van der Waals surface area contributed by atoms with Gasteiger partial charge in [0.2, 0.25) is 0 Å². The number of hydrogen-bond acceptors (Lipinski definition) is 3. The molecule has 1 aliphatic rings. The lowest BCUT2D eigenvalue weighted by Crippen LogP contribution is -2.32. The third-order valence-electron chi connectivity index (χ3n) is 1.92. The van der Waals surface area contributed by atoms with E-state index in [4.69, 9.17) is 4.74 Å². The Morgan fingerprint density at radius 2 is 2.23 bits per heavy atom. The molecule has 0 saturated heterocycles. The van der Waals surface area contributed by atoms with Gasteiger partial charge in [0.15, 0.2) is 5.75 Å². The van der Waals surface area contributed by atoms with Gasteiger partial charge in [0, 0.05) is 0 Å². The molecule has 66 valence electrons. The van der Waals surface area contributed by atoms with Crippen LogP contribution in [0.3, 0.4) is 0 Å². The Labute approximate surface area is 76.2 Å². The van der Waals surface area contributed by atoms with Gasteiger partial charge in [-0.3, -0.25) is 0 Å². The minimum atomic E-state index is -0.251. The molecular formula is C10H9NO2. The lowest BCUT2D eigenvalue weighted by molar-refractivity contribution is -0.133. The van der Waals surface area contributed by atoms with Gasteiger partial charge in [0.05, 0.1) is 5.69 Å². The van der Waals surface area contributed by atoms with Crippen molar-refractivity contribution in [3.8, 4) is 5.75 Å². The van der Waals surface area contributed by atoms with E-state index in [0.29, 0.717) is 5.75 Å². The SMILES string of the molecule is C=CN1CC(=O)Oc2ccccc21. The Kier molecular flexibility index (Phi) is 1.77. The van der Waals surface area contributed by atoms with E-state index in [0.717, 1.165) is 5.69 Å². The van der Waals surface area contributed by atoms with Crippen LogP contribution in [0.4, 0.5) is 5.69 Å². The predicted molar refractivity (Wildman–Crippen MR) is 49.6 cm³/mol. The summed E-state index contributed by atoms with van der Waals surface area (Å²) in [5.41, 5.74) is 0.886. The van der Waals surface area contributed by atoms with Crippen molar-refractivity contribution in [2.75, 3.05) is 11.4 Å². The van der Waals surface area contributed by atoms with Crippen molar-refractivity contribution in [1.29, 1.82) is 0 Å². The van der Waals surface area contributed by atoms with Crippen molar-refractivity contribution in [2.24, 2.45) is 0 Å². The standard InChI is InChI=1S/C10H9NO2/c1-2-11-7-10(12)13-9-6-4-3-5-8(9)11/h2-6H,1,7H2. The molecule has 3 heteroatoms. The van der Waals surface area contributed by atoms with Crippen LogP contribution in [0.1, 0.15) is 0 Å². The third kappa shape index (κ3) is 1.28. The van der Waals surface area contributed by atoms with Gasteiger partial charge in [-0.2, -0.15) is 0 Å². The lowest BCUT2D eigenvalue weighted by Gasteiger charge is -2.25. The molecule has 0 aromatic heterocycles. The van der Waals surface area contributed by atoms with E-state index >= 15 is 0 Å². The van der Waals surface area contributed by atoms with Gasteiger partial charge in [0.25, 0.3) is 0 Å². The van der Waals surface area contributed by atoms with Crippen molar-refractivity contribution in [3.05, 3.63) is 37.0 Å². The molecule has 0 bridgehead atoms. The van der Waals surface area contributed by atoms with E-state index < -0.39 is 0 Å². The zero-order chi connectivity index (χ0) is 9.26. The van der Waals surface area contributed by atoms with Gasteiger partial charge in [-0.1, -0.05) is 18.7 Å². The molecule has 1 heterocycles. The zero-order valence-corrected chi connectivity index (χ0v) is 7.06. The van der Waals surface area contributed by atoms with Gasteiger partial charge in [0.1, 0.15) is 6.54 Å². The Hall–Kier alpha value is -1.77. The fourth-order valence-corrected chi connectivity index (χ4v) is 1.32. The molecule has 2 rings (SSSR count). The first-order valence-electron chi connectivity index (χ1n) is 4.00. The van der Waals surface area contributed by atoms with Gasteiger partial charge in [-0.05, 0) is 18.3 Å². The van der Waals surface area contributed by atoms with Crippen LogP contribution in [0, 0.1) is 0 Å². The molecular weight excluding hydrogens is 166 g/mol. The molecule has 1 aromatic rings. The summed E-state index contributed by atoms with van der Waals surface area (Å²) in [5, 5.41) is 0. The van der Waals surface area contributed by atoms with Crippen LogP contribution in [0.15, 0.2) is 37.0 Å². The molecule has 0 amide bonds. The summed E-state index contributed by atoms with van der Waals surface area (Å²) in [6, 6.07) is 7.39. The van der Waals surface area contributed by atoms with Crippen LogP contribution in [-0.4, -0.2) is 12.5 Å². The smallest absolute Gasteiger partial charge is 0.331 e. The van der Waals surface area contributed by atoms with Crippen molar-refractivity contribution < 1.29 is 9.53 Å². The summed E-state index contributed by atoms with van der Waals surface area (Å²) in [6.07, 6.45) is 1.62. The minimum absolute atomic E-state index is 0.237. The predicted octanol–water partition coefficient (Wildman–Crippen LogP) is 1.56. The number of nitrogens with zero attached hydrogens (tertiary/aromatic N) is 1. The average Bonchev–Trinajstić information content (AvgIpc) is 2.16. The maximum Gasteiger partial charge on any atom is 0.331 e. The maximum absolute atomic E-state index is 11.1. The third-order valence-corrected chi connectivity index (χ3v) is 1.92. The quantitative estimate of drug-likeness (QED) is 0.479. The first-order valence-corrected chi connectivity index (χ1v) is 4.00. The van der Waals surface area contributed by atoms with Gasteiger partial charge >= 0.3 is 5.97 Å². The molecule has 0 atom stereocenters. The van der Waals surface area contributed by atoms with Gasteiger partial charge in [-0.15, -0.1) is 0 Å². The Morgan fingerprint density at radius 1 is 1.46 bits per heavy atom. The van der Waals surface area contributed by atoms with Crippen LogP contribution >= 0.6 is 0 Å². The first-order chi connectivity index (χ1) is 6.31. The number of fused-ring (bicyclic) bond motifs is 1. The molecule has 0 N–H and O–H groups in total. The molecule has 1 aliphatic heterocycles. The summed E-state index contributed by atoms with van der Waals surface area (Å²) in [7, 11) is 0. The van der Waals surface area contributed by atoms with E-state index in [-0.39, 0.29) is 12.5 Å². The highest BCUT2D eigenvalue weighted by Gasteiger charge is 2.21. The fraction of sp³-hybridized carbons (Fsp3) is 0.100. The average molecular weight is 175 g/mol. The monoisotopic (exact) mass is 175 g/mol.